The fourth-order valence-electron chi connectivity index (χ4n) is 0.763. The van der Waals surface area contributed by atoms with Crippen molar-refractivity contribution in [2.24, 2.45) is 0 Å². The Labute approximate surface area is 80.4 Å². The lowest BCUT2D eigenvalue weighted by Gasteiger charge is -2.23. The third-order valence-corrected chi connectivity index (χ3v) is 1.67. The Bertz CT molecular complexity index is 232. The summed E-state index contributed by atoms with van der Waals surface area (Å²) in [6, 6.07) is 0. The standard InChI is InChI=1S/C8H12O6/c1-2-4(10)6(12)8(14)7(13)5(11)3-9/h1,5-9,11-14H,3H2/t5-,6-,7-,8-/m1/s1. The van der Waals surface area contributed by atoms with E-state index in [9.17, 15) is 4.79 Å². The van der Waals surface area contributed by atoms with Gasteiger partial charge in [-0.15, -0.1) is 6.42 Å². The van der Waals surface area contributed by atoms with Crippen molar-refractivity contribution in [2.75, 3.05) is 6.61 Å². The number of Topliss-reactive ketones (excluding diaryl/α,β-unsaturated/α-hetero) is 1. The van der Waals surface area contributed by atoms with Crippen molar-refractivity contribution >= 4 is 5.78 Å². The molecule has 0 amide bonds. The summed E-state index contributed by atoms with van der Waals surface area (Å²) in [7, 11) is 0. The Morgan fingerprint density at radius 3 is 2.07 bits per heavy atom. The first-order valence-electron chi connectivity index (χ1n) is 3.79. The van der Waals surface area contributed by atoms with Crippen molar-refractivity contribution in [3.05, 3.63) is 0 Å². The highest BCUT2D eigenvalue weighted by molar-refractivity contribution is 5.98. The lowest BCUT2D eigenvalue weighted by Crippen LogP contribution is -2.48. The van der Waals surface area contributed by atoms with Gasteiger partial charge in [0.1, 0.15) is 18.3 Å². The van der Waals surface area contributed by atoms with E-state index in [1.165, 1.54) is 0 Å². The Balaban J connectivity index is 4.39. The van der Waals surface area contributed by atoms with E-state index >= 15 is 0 Å². The summed E-state index contributed by atoms with van der Waals surface area (Å²) in [5.74, 6) is 0.444. The van der Waals surface area contributed by atoms with Crippen LogP contribution in [0.2, 0.25) is 0 Å². The molecule has 0 spiro atoms. The van der Waals surface area contributed by atoms with Gasteiger partial charge in [-0.2, -0.15) is 0 Å². The fraction of sp³-hybridized carbons (Fsp3) is 0.625. The van der Waals surface area contributed by atoms with E-state index in [4.69, 9.17) is 25.5 Å². The van der Waals surface area contributed by atoms with Crippen molar-refractivity contribution in [3.8, 4) is 12.3 Å². The molecule has 6 nitrogen and oxygen atoms in total. The molecular weight excluding hydrogens is 192 g/mol. The molecule has 0 aromatic heterocycles. The summed E-state index contributed by atoms with van der Waals surface area (Å²) in [6.45, 7) is -0.810. The average molecular weight is 204 g/mol. The number of rotatable bonds is 5. The summed E-state index contributed by atoms with van der Waals surface area (Å²) in [5.41, 5.74) is 0. The number of aliphatic hydroxyl groups is 5. The SMILES string of the molecule is C#CC(=O)[C@@H](O)[C@@H](O)[C@H](O)[C@H](O)CO. The molecule has 0 saturated heterocycles. The number of hydrogen-bond donors (Lipinski definition) is 5. The van der Waals surface area contributed by atoms with E-state index in [2.05, 4.69) is 6.42 Å². The first-order chi connectivity index (χ1) is 6.45. The van der Waals surface area contributed by atoms with Crippen LogP contribution in [0.1, 0.15) is 0 Å². The van der Waals surface area contributed by atoms with Crippen LogP contribution in [0.25, 0.3) is 0 Å². The molecule has 4 atom stereocenters. The predicted octanol–water partition coefficient (Wildman–Crippen LogP) is -3.38. The molecule has 0 rings (SSSR count). The first kappa shape index (κ1) is 13.0. The van der Waals surface area contributed by atoms with Gasteiger partial charge in [0.2, 0.25) is 5.78 Å². The van der Waals surface area contributed by atoms with Gasteiger partial charge in [0.25, 0.3) is 0 Å². The normalized spacial score (nSPS) is 19.1. The number of ketones is 1. The summed E-state index contributed by atoms with van der Waals surface area (Å²) in [6.07, 6.45) is -2.74. The van der Waals surface area contributed by atoms with Crippen molar-refractivity contribution in [2.45, 2.75) is 24.4 Å². The molecular formula is C8H12O6. The molecule has 0 aliphatic rings. The van der Waals surface area contributed by atoms with Crippen LogP contribution in [0.3, 0.4) is 0 Å². The molecule has 0 aliphatic carbocycles. The summed E-state index contributed by atoms with van der Waals surface area (Å²) < 4.78 is 0. The molecule has 14 heavy (non-hydrogen) atoms. The van der Waals surface area contributed by atoms with Crippen LogP contribution < -0.4 is 0 Å². The zero-order chi connectivity index (χ0) is 11.3. The third kappa shape index (κ3) is 3.06. The molecule has 0 aliphatic heterocycles. The summed E-state index contributed by atoms with van der Waals surface area (Å²) in [5, 5.41) is 44.4. The Kier molecular flexibility index (Phi) is 5.30. The molecule has 0 radical (unpaired) electrons. The minimum absolute atomic E-state index is 0.810. The quantitative estimate of drug-likeness (QED) is 0.235. The smallest absolute Gasteiger partial charge is 0.236 e. The van der Waals surface area contributed by atoms with Gasteiger partial charge in [0, 0.05) is 0 Å². The van der Waals surface area contributed by atoms with Gasteiger partial charge in [-0.25, -0.2) is 0 Å². The van der Waals surface area contributed by atoms with Crippen LogP contribution in [0.5, 0.6) is 0 Å². The molecule has 6 heteroatoms. The van der Waals surface area contributed by atoms with Crippen molar-refractivity contribution < 1.29 is 30.3 Å². The van der Waals surface area contributed by atoms with Crippen molar-refractivity contribution in [1.82, 2.24) is 0 Å². The highest BCUT2D eigenvalue weighted by atomic mass is 16.4. The fourth-order valence-corrected chi connectivity index (χ4v) is 0.763. The molecule has 0 heterocycles. The zero-order valence-electron chi connectivity index (χ0n) is 7.24. The van der Waals surface area contributed by atoms with E-state index in [0.717, 1.165) is 0 Å². The van der Waals surface area contributed by atoms with E-state index in [0.29, 0.717) is 0 Å². The highest BCUT2D eigenvalue weighted by Crippen LogP contribution is 2.05. The number of carbonyl (C=O) groups excluding carboxylic acids is 1. The number of carbonyl (C=O) groups is 1. The number of aliphatic hydroxyl groups excluding tert-OH is 5. The van der Waals surface area contributed by atoms with Crippen LogP contribution in [-0.4, -0.2) is 62.3 Å². The van der Waals surface area contributed by atoms with E-state index in [1.54, 1.807) is 5.92 Å². The van der Waals surface area contributed by atoms with Gasteiger partial charge in [-0.1, -0.05) is 0 Å². The van der Waals surface area contributed by atoms with Crippen molar-refractivity contribution in [3.63, 3.8) is 0 Å². The van der Waals surface area contributed by atoms with E-state index in [1.807, 2.05) is 0 Å². The molecule has 0 saturated carbocycles. The van der Waals surface area contributed by atoms with Crippen LogP contribution in [0, 0.1) is 12.3 Å². The minimum Gasteiger partial charge on any atom is -0.394 e. The minimum atomic E-state index is -1.98. The van der Waals surface area contributed by atoms with Gasteiger partial charge in [-0.05, 0) is 5.92 Å². The average Bonchev–Trinajstić information content (AvgIpc) is 2.23. The lowest BCUT2D eigenvalue weighted by molar-refractivity contribution is -0.142. The van der Waals surface area contributed by atoms with Crippen LogP contribution in [0.15, 0.2) is 0 Å². The van der Waals surface area contributed by atoms with E-state index < -0.39 is 36.8 Å². The molecule has 0 aromatic rings. The highest BCUT2D eigenvalue weighted by Gasteiger charge is 2.33. The number of terminal acetylenes is 1. The second-order valence-corrected chi connectivity index (χ2v) is 2.68. The third-order valence-electron chi connectivity index (χ3n) is 1.67. The van der Waals surface area contributed by atoms with Crippen LogP contribution in [-0.2, 0) is 4.79 Å². The molecule has 5 N–H and O–H groups in total. The van der Waals surface area contributed by atoms with Gasteiger partial charge >= 0.3 is 0 Å². The predicted molar refractivity (Wildman–Crippen MR) is 45.0 cm³/mol. The molecule has 0 bridgehead atoms. The maximum atomic E-state index is 10.7. The first-order valence-corrected chi connectivity index (χ1v) is 3.79. The van der Waals surface area contributed by atoms with Gasteiger partial charge in [0.05, 0.1) is 6.61 Å². The van der Waals surface area contributed by atoms with Crippen molar-refractivity contribution in [1.29, 1.82) is 0 Å². The summed E-state index contributed by atoms with van der Waals surface area (Å²) >= 11 is 0. The monoisotopic (exact) mass is 204 g/mol. The van der Waals surface area contributed by atoms with E-state index in [-0.39, 0.29) is 0 Å². The van der Waals surface area contributed by atoms with Gasteiger partial charge < -0.3 is 25.5 Å². The Hall–Kier alpha value is -0.970. The maximum absolute atomic E-state index is 10.7. The van der Waals surface area contributed by atoms with Crippen LogP contribution in [0.4, 0.5) is 0 Å². The molecule has 80 valence electrons. The molecule has 0 unspecified atom stereocenters. The second-order valence-electron chi connectivity index (χ2n) is 2.68. The summed E-state index contributed by atoms with van der Waals surface area (Å²) in [4.78, 5) is 10.7. The number of hydrogen-bond acceptors (Lipinski definition) is 6. The van der Waals surface area contributed by atoms with Gasteiger partial charge in [0.15, 0.2) is 6.10 Å². The zero-order valence-corrected chi connectivity index (χ0v) is 7.24. The Morgan fingerprint density at radius 2 is 1.71 bits per heavy atom. The largest absolute Gasteiger partial charge is 0.394 e. The Morgan fingerprint density at radius 1 is 1.21 bits per heavy atom. The topological polar surface area (TPSA) is 118 Å². The second kappa shape index (κ2) is 5.70. The molecule has 0 fully saturated rings. The maximum Gasteiger partial charge on any atom is 0.236 e. The van der Waals surface area contributed by atoms with Crippen LogP contribution >= 0.6 is 0 Å². The lowest BCUT2D eigenvalue weighted by atomic mass is 10.0. The van der Waals surface area contributed by atoms with Gasteiger partial charge in [-0.3, -0.25) is 4.79 Å². The molecule has 0 aromatic carbocycles.